The number of rotatable bonds is 5. The number of anilines is 1. The Morgan fingerprint density at radius 3 is 1.77 bits per heavy atom. The van der Waals surface area contributed by atoms with Crippen LogP contribution >= 0.6 is 0 Å². The van der Waals surface area contributed by atoms with Crippen LogP contribution < -0.4 is 25.0 Å². The van der Waals surface area contributed by atoms with E-state index in [1.165, 1.54) is 0 Å². The second kappa shape index (κ2) is 8.79. The molecule has 178 valence electrons. The average Bonchev–Trinajstić information content (AvgIpc) is 3.25. The van der Waals surface area contributed by atoms with E-state index in [0.717, 1.165) is 16.8 Å². The Balaban J connectivity index is 1.74. The lowest BCUT2D eigenvalue weighted by molar-refractivity contribution is -0.146. The lowest BCUT2D eigenvalue weighted by atomic mass is 9.66. The van der Waals surface area contributed by atoms with Crippen molar-refractivity contribution in [1.82, 2.24) is 10.6 Å². The van der Waals surface area contributed by atoms with Gasteiger partial charge in [0.2, 0.25) is 11.8 Å². The van der Waals surface area contributed by atoms with Gasteiger partial charge >= 0.3 is 6.03 Å². The quantitative estimate of drug-likeness (QED) is 0.554. The molecule has 2 N–H and O–H groups in total. The van der Waals surface area contributed by atoms with E-state index in [2.05, 4.69) is 15.5 Å². The number of para-hydroxylation sites is 1. The summed E-state index contributed by atoms with van der Waals surface area (Å²) in [5, 5.41) is 4.75. The van der Waals surface area contributed by atoms with Crippen LogP contribution in [-0.2, 0) is 9.59 Å². The van der Waals surface area contributed by atoms with Crippen LogP contribution in [0.1, 0.15) is 23.1 Å². The summed E-state index contributed by atoms with van der Waals surface area (Å²) in [5.41, 5.74) is 0.807. The predicted molar refractivity (Wildman–Crippen MR) is 129 cm³/mol. The van der Waals surface area contributed by atoms with Crippen LogP contribution in [0, 0.1) is 5.41 Å². The van der Waals surface area contributed by atoms with E-state index in [-0.39, 0.29) is 0 Å². The zero-order valence-electron chi connectivity index (χ0n) is 19.4. The maximum absolute atomic E-state index is 13.8. The lowest BCUT2D eigenvalue weighted by Crippen LogP contribution is -2.65. The molecule has 2 aliphatic rings. The Labute approximate surface area is 202 Å². The Hall–Kier alpha value is -4.33. The highest BCUT2D eigenvalue weighted by molar-refractivity contribution is 6.21. The van der Waals surface area contributed by atoms with Gasteiger partial charge in [0.1, 0.15) is 11.5 Å². The van der Waals surface area contributed by atoms with E-state index in [1.807, 2.05) is 54.6 Å². The van der Waals surface area contributed by atoms with Crippen LogP contribution in [0.3, 0.4) is 0 Å². The van der Waals surface area contributed by atoms with Crippen molar-refractivity contribution in [1.29, 1.82) is 0 Å². The van der Waals surface area contributed by atoms with Gasteiger partial charge in [-0.25, -0.2) is 4.79 Å². The number of carbonyl (C=O) groups is 3. The highest BCUT2D eigenvalue weighted by Gasteiger charge is 2.66. The van der Waals surface area contributed by atoms with E-state index in [4.69, 9.17) is 9.47 Å². The highest BCUT2D eigenvalue weighted by atomic mass is 16.5. The van der Waals surface area contributed by atoms with Crippen molar-refractivity contribution in [3.63, 3.8) is 0 Å². The highest BCUT2D eigenvalue weighted by Crippen LogP contribution is 2.57. The van der Waals surface area contributed by atoms with Crippen LogP contribution in [0.5, 0.6) is 11.5 Å². The molecule has 0 aliphatic carbocycles. The van der Waals surface area contributed by atoms with Crippen LogP contribution in [0.25, 0.3) is 0 Å². The first kappa shape index (κ1) is 22.5. The van der Waals surface area contributed by atoms with Crippen LogP contribution in [0.4, 0.5) is 10.5 Å². The smallest absolute Gasteiger partial charge is 0.328 e. The molecule has 1 spiro atoms. The molecular formula is C27H25N3O5. The molecule has 8 heteroatoms. The molecule has 4 amide bonds. The summed E-state index contributed by atoms with van der Waals surface area (Å²) < 4.78 is 10.6. The van der Waals surface area contributed by atoms with Gasteiger partial charge in [-0.1, -0.05) is 42.5 Å². The molecule has 2 unspecified atom stereocenters. The largest absolute Gasteiger partial charge is 0.497 e. The van der Waals surface area contributed by atoms with E-state index in [1.54, 1.807) is 38.5 Å². The number of benzene rings is 3. The number of amides is 4. The number of methoxy groups -OCH3 is 2. The summed E-state index contributed by atoms with van der Waals surface area (Å²) in [7, 11) is 3.16. The van der Waals surface area contributed by atoms with Crippen molar-refractivity contribution < 1.29 is 23.9 Å². The molecule has 0 saturated carbocycles. The first-order valence-corrected chi connectivity index (χ1v) is 11.3. The molecule has 2 fully saturated rings. The maximum atomic E-state index is 13.8. The fourth-order valence-corrected chi connectivity index (χ4v) is 5.30. The average molecular weight is 472 g/mol. The Morgan fingerprint density at radius 2 is 1.26 bits per heavy atom. The molecule has 2 aliphatic heterocycles. The fourth-order valence-electron chi connectivity index (χ4n) is 5.30. The fraction of sp³-hybridized carbons (Fsp3) is 0.222. The second-order valence-electron chi connectivity index (χ2n) is 8.60. The molecule has 8 nitrogen and oxygen atoms in total. The van der Waals surface area contributed by atoms with Gasteiger partial charge in [0.25, 0.3) is 0 Å². The molecule has 35 heavy (non-hydrogen) atoms. The molecule has 0 aromatic heterocycles. The third kappa shape index (κ3) is 3.58. The van der Waals surface area contributed by atoms with Gasteiger partial charge in [-0.15, -0.1) is 0 Å². The SMILES string of the molecule is COc1ccc(C2CN(c3ccccc3)C(c3ccc(OC)cc3)C23C(=O)NC(=O)NC3=O)cc1. The molecule has 0 bridgehead atoms. The van der Waals surface area contributed by atoms with E-state index in [9.17, 15) is 14.4 Å². The molecular weight excluding hydrogens is 446 g/mol. The summed E-state index contributed by atoms with van der Waals surface area (Å²) >= 11 is 0. The Bertz CT molecular complexity index is 1240. The van der Waals surface area contributed by atoms with Crippen molar-refractivity contribution in [2.24, 2.45) is 5.41 Å². The Kier molecular flexibility index (Phi) is 5.64. The van der Waals surface area contributed by atoms with Gasteiger partial charge in [-0.05, 0) is 47.5 Å². The molecule has 0 radical (unpaired) electrons. The predicted octanol–water partition coefficient (Wildman–Crippen LogP) is 3.40. The zero-order chi connectivity index (χ0) is 24.6. The van der Waals surface area contributed by atoms with Gasteiger partial charge in [0, 0.05) is 18.2 Å². The summed E-state index contributed by atoms with van der Waals surface area (Å²) in [5.74, 6) is -0.460. The van der Waals surface area contributed by atoms with Crippen LogP contribution in [0.15, 0.2) is 78.9 Å². The summed E-state index contributed by atoms with van der Waals surface area (Å²) in [6.07, 6.45) is 0. The monoisotopic (exact) mass is 471 g/mol. The van der Waals surface area contributed by atoms with Crippen molar-refractivity contribution in [2.45, 2.75) is 12.0 Å². The number of hydrogen-bond donors (Lipinski definition) is 2. The topological polar surface area (TPSA) is 97.0 Å². The summed E-state index contributed by atoms with van der Waals surface area (Å²) in [4.78, 5) is 41.7. The third-order valence-corrected chi connectivity index (χ3v) is 6.92. The third-order valence-electron chi connectivity index (χ3n) is 6.92. The van der Waals surface area contributed by atoms with Crippen LogP contribution in [-0.4, -0.2) is 38.6 Å². The number of carbonyl (C=O) groups excluding carboxylic acids is 3. The van der Waals surface area contributed by atoms with E-state index >= 15 is 0 Å². The number of urea groups is 1. The number of nitrogens with zero attached hydrogens (tertiary/aromatic N) is 1. The molecule has 5 rings (SSSR count). The van der Waals surface area contributed by atoms with E-state index in [0.29, 0.717) is 18.0 Å². The van der Waals surface area contributed by atoms with Crippen molar-refractivity contribution in [3.05, 3.63) is 90.0 Å². The van der Waals surface area contributed by atoms with Gasteiger partial charge in [0.15, 0.2) is 5.41 Å². The van der Waals surface area contributed by atoms with Gasteiger partial charge in [0.05, 0.1) is 20.3 Å². The first-order valence-electron chi connectivity index (χ1n) is 11.3. The first-order chi connectivity index (χ1) is 17.0. The number of imide groups is 2. The molecule has 2 atom stereocenters. The van der Waals surface area contributed by atoms with Gasteiger partial charge in [-0.3, -0.25) is 20.2 Å². The molecule has 3 aromatic carbocycles. The van der Waals surface area contributed by atoms with Crippen molar-refractivity contribution >= 4 is 23.5 Å². The van der Waals surface area contributed by atoms with Crippen molar-refractivity contribution in [2.75, 3.05) is 25.7 Å². The molecule has 2 heterocycles. The minimum Gasteiger partial charge on any atom is -0.497 e. The minimum absolute atomic E-state index is 0.377. The number of barbiturate groups is 1. The summed E-state index contributed by atoms with van der Waals surface area (Å²) in [6, 6.07) is 22.8. The number of ether oxygens (including phenoxy) is 2. The zero-order valence-corrected chi connectivity index (χ0v) is 19.4. The number of hydrogen-bond acceptors (Lipinski definition) is 6. The molecule has 2 saturated heterocycles. The standard InChI is InChI=1S/C27H25N3O5/c1-34-20-12-8-17(9-13-20)22-16-30(19-6-4-3-5-7-19)23(18-10-14-21(35-2)15-11-18)27(22)24(31)28-26(33)29-25(27)32/h3-15,22-23H,16H2,1-2H3,(H2,28,29,31,32,33). The second-order valence-corrected chi connectivity index (χ2v) is 8.60. The summed E-state index contributed by atoms with van der Waals surface area (Å²) in [6.45, 7) is 0.377. The number of nitrogens with one attached hydrogen (secondary N) is 2. The van der Waals surface area contributed by atoms with Gasteiger partial charge < -0.3 is 14.4 Å². The van der Waals surface area contributed by atoms with E-state index < -0.39 is 35.2 Å². The Morgan fingerprint density at radius 1 is 0.743 bits per heavy atom. The lowest BCUT2D eigenvalue weighted by Gasteiger charge is -2.40. The van der Waals surface area contributed by atoms with Crippen molar-refractivity contribution in [3.8, 4) is 11.5 Å². The normalized spacial score (nSPS) is 21.0. The maximum Gasteiger partial charge on any atom is 0.328 e. The van der Waals surface area contributed by atoms with Crippen LogP contribution in [0.2, 0.25) is 0 Å². The van der Waals surface area contributed by atoms with Gasteiger partial charge in [-0.2, -0.15) is 0 Å². The molecule has 3 aromatic rings. The minimum atomic E-state index is -1.60.